The molecule has 1 aromatic rings. The summed E-state index contributed by atoms with van der Waals surface area (Å²) in [4.78, 5) is 3.82. The summed E-state index contributed by atoms with van der Waals surface area (Å²) in [7, 11) is 0. The largest absolute Gasteiger partial charge is 0.396 e. The van der Waals surface area contributed by atoms with E-state index in [1.807, 2.05) is 6.07 Å². The van der Waals surface area contributed by atoms with Crippen molar-refractivity contribution in [3.63, 3.8) is 0 Å². The van der Waals surface area contributed by atoms with Crippen molar-refractivity contribution < 1.29 is 5.11 Å². The van der Waals surface area contributed by atoms with Crippen molar-refractivity contribution in [2.45, 2.75) is 38.3 Å². The first-order chi connectivity index (χ1) is 7.79. The van der Waals surface area contributed by atoms with Gasteiger partial charge in [0.15, 0.2) is 0 Å². The number of nitrogens with zero attached hydrogens (tertiary/aromatic N) is 1. The molecule has 1 aromatic heterocycles. The Kier molecular flexibility index (Phi) is 4.65. The third-order valence-electron chi connectivity index (χ3n) is 3.20. The Balaban J connectivity index is 1.95. The maximum atomic E-state index is 9.06. The van der Waals surface area contributed by atoms with Crippen molar-refractivity contribution in [3.05, 3.63) is 21.3 Å². The highest BCUT2D eigenvalue weighted by molar-refractivity contribution is 7.16. The van der Waals surface area contributed by atoms with Crippen LogP contribution in [0, 0.1) is 0 Å². The summed E-state index contributed by atoms with van der Waals surface area (Å²) in [6.45, 7) is 2.44. The zero-order chi connectivity index (χ0) is 11.4. The molecule has 1 unspecified atom stereocenters. The van der Waals surface area contributed by atoms with Gasteiger partial charge in [-0.05, 0) is 37.9 Å². The summed E-state index contributed by atoms with van der Waals surface area (Å²) in [6, 6.07) is 4.63. The number of hydrogen-bond acceptors (Lipinski definition) is 3. The van der Waals surface area contributed by atoms with Crippen LogP contribution in [0.2, 0.25) is 4.34 Å². The smallest absolute Gasteiger partial charge is 0.0931 e. The number of thiophene rings is 1. The molecule has 0 saturated carbocycles. The molecule has 2 nitrogen and oxygen atoms in total. The number of aliphatic hydroxyl groups excluding tert-OH is 1. The summed E-state index contributed by atoms with van der Waals surface area (Å²) in [5.41, 5.74) is 0. The molecule has 16 heavy (non-hydrogen) atoms. The normalized spacial score (nSPS) is 22.5. The van der Waals surface area contributed by atoms with E-state index in [1.54, 1.807) is 11.3 Å². The van der Waals surface area contributed by atoms with Crippen molar-refractivity contribution in [2.75, 3.05) is 13.2 Å². The van der Waals surface area contributed by atoms with E-state index in [0.29, 0.717) is 12.6 Å². The Morgan fingerprint density at radius 3 is 3.00 bits per heavy atom. The molecule has 0 radical (unpaired) electrons. The second-order valence-electron chi connectivity index (χ2n) is 4.34. The Bertz CT molecular complexity index is 327. The molecule has 0 bridgehead atoms. The fourth-order valence-electron chi connectivity index (χ4n) is 2.38. The molecule has 1 fully saturated rings. The molecule has 1 aliphatic heterocycles. The van der Waals surface area contributed by atoms with Gasteiger partial charge in [-0.25, -0.2) is 0 Å². The van der Waals surface area contributed by atoms with Gasteiger partial charge < -0.3 is 5.11 Å². The molecular formula is C12H18ClNOS. The molecule has 0 aromatic carbocycles. The zero-order valence-corrected chi connectivity index (χ0v) is 10.9. The van der Waals surface area contributed by atoms with E-state index in [0.717, 1.165) is 23.8 Å². The average Bonchev–Trinajstić information content (AvgIpc) is 2.67. The summed E-state index contributed by atoms with van der Waals surface area (Å²) in [5.74, 6) is 0. The van der Waals surface area contributed by atoms with Gasteiger partial charge in [-0.15, -0.1) is 11.3 Å². The first-order valence-electron chi connectivity index (χ1n) is 5.88. The second-order valence-corrected chi connectivity index (χ2v) is 6.14. The number of hydrogen-bond donors (Lipinski definition) is 1. The van der Waals surface area contributed by atoms with E-state index >= 15 is 0 Å². The van der Waals surface area contributed by atoms with Crippen LogP contribution in [0.15, 0.2) is 12.1 Å². The Morgan fingerprint density at radius 1 is 1.44 bits per heavy atom. The van der Waals surface area contributed by atoms with Crippen molar-refractivity contribution in [1.29, 1.82) is 0 Å². The van der Waals surface area contributed by atoms with Crippen LogP contribution < -0.4 is 0 Å². The molecule has 0 amide bonds. The predicted octanol–water partition coefficient (Wildman–Crippen LogP) is 3.14. The fraction of sp³-hybridized carbons (Fsp3) is 0.667. The molecule has 1 aliphatic rings. The standard InChI is InChI=1S/C12H18ClNOS/c13-12-5-4-11(16-12)9-14-7-2-1-3-10(14)6-8-15/h4-5,10,15H,1-3,6-9H2. The van der Waals surface area contributed by atoms with Crippen LogP contribution in [0.25, 0.3) is 0 Å². The maximum Gasteiger partial charge on any atom is 0.0931 e. The highest BCUT2D eigenvalue weighted by Crippen LogP contribution is 2.26. The maximum absolute atomic E-state index is 9.06. The lowest BCUT2D eigenvalue weighted by molar-refractivity contribution is 0.113. The molecule has 1 N–H and O–H groups in total. The molecule has 1 saturated heterocycles. The number of rotatable bonds is 4. The lowest BCUT2D eigenvalue weighted by Crippen LogP contribution is -2.39. The summed E-state index contributed by atoms with van der Waals surface area (Å²) >= 11 is 7.60. The number of aliphatic hydroxyl groups is 1. The third-order valence-corrected chi connectivity index (χ3v) is 4.42. The minimum Gasteiger partial charge on any atom is -0.396 e. The van der Waals surface area contributed by atoms with Gasteiger partial charge in [0.1, 0.15) is 0 Å². The van der Waals surface area contributed by atoms with E-state index in [2.05, 4.69) is 11.0 Å². The third kappa shape index (κ3) is 3.20. The summed E-state index contributed by atoms with van der Waals surface area (Å²) in [5, 5.41) is 9.06. The number of piperidine rings is 1. The summed E-state index contributed by atoms with van der Waals surface area (Å²) < 4.78 is 0.866. The molecule has 2 heterocycles. The van der Waals surface area contributed by atoms with Crippen molar-refractivity contribution in [3.8, 4) is 0 Å². The van der Waals surface area contributed by atoms with Gasteiger partial charge in [-0.1, -0.05) is 18.0 Å². The van der Waals surface area contributed by atoms with Gasteiger partial charge in [-0.2, -0.15) is 0 Å². The van der Waals surface area contributed by atoms with E-state index in [4.69, 9.17) is 16.7 Å². The van der Waals surface area contributed by atoms with Gasteiger partial charge in [0.25, 0.3) is 0 Å². The van der Waals surface area contributed by atoms with E-state index in [1.165, 1.54) is 24.1 Å². The van der Waals surface area contributed by atoms with E-state index < -0.39 is 0 Å². The molecule has 90 valence electrons. The van der Waals surface area contributed by atoms with Crippen LogP contribution in [-0.4, -0.2) is 29.2 Å². The van der Waals surface area contributed by atoms with Crippen molar-refractivity contribution in [2.24, 2.45) is 0 Å². The topological polar surface area (TPSA) is 23.5 Å². The highest BCUT2D eigenvalue weighted by atomic mass is 35.5. The minimum absolute atomic E-state index is 0.298. The number of likely N-dealkylation sites (tertiary alicyclic amines) is 1. The molecule has 1 atom stereocenters. The van der Waals surface area contributed by atoms with Gasteiger partial charge >= 0.3 is 0 Å². The monoisotopic (exact) mass is 259 g/mol. The molecule has 2 rings (SSSR count). The molecule has 0 aliphatic carbocycles. The quantitative estimate of drug-likeness (QED) is 0.898. The van der Waals surface area contributed by atoms with E-state index in [9.17, 15) is 0 Å². The van der Waals surface area contributed by atoms with Crippen LogP contribution in [0.3, 0.4) is 0 Å². The average molecular weight is 260 g/mol. The van der Waals surface area contributed by atoms with Gasteiger partial charge in [0, 0.05) is 24.1 Å². The Labute approximate surface area is 106 Å². The van der Waals surface area contributed by atoms with Crippen LogP contribution in [0.5, 0.6) is 0 Å². The van der Waals surface area contributed by atoms with E-state index in [-0.39, 0.29) is 0 Å². The SMILES string of the molecule is OCCC1CCCCN1Cc1ccc(Cl)s1. The Hall–Kier alpha value is -0.0900. The van der Waals surface area contributed by atoms with Crippen molar-refractivity contribution >= 4 is 22.9 Å². The fourth-order valence-corrected chi connectivity index (χ4v) is 3.49. The van der Waals surface area contributed by atoms with Crippen LogP contribution in [-0.2, 0) is 6.54 Å². The van der Waals surface area contributed by atoms with Gasteiger partial charge in [0.2, 0.25) is 0 Å². The molecule has 4 heteroatoms. The van der Waals surface area contributed by atoms with Gasteiger partial charge in [0.05, 0.1) is 4.34 Å². The van der Waals surface area contributed by atoms with Crippen LogP contribution in [0.1, 0.15) is 30.6 Å². The first-order valence-corrected chi connectivity index (χ1v) is 7.08. The first kappa shape index (κ1) is 12.4. The summed E-state index contributed by atoms with van der Waals surface area (Å²) in [6.07, 6.45) is 4.70. The minimum atomic E-state index is 0.298. The number of halogens is 1. The highest BCUT2D eigenvalue weighted by Gasteiger charge is 2.22. The zero-order valence-electron chi connectivity index (χ0n) is 9.36. The van der Waals surface area contributed by atoms with Gasteiger partial charge in [-0.3, -0.25) is 4.90 Å². The van der Waals surface area contributed by atoms with Crippen molar-refractivity contribution in [1.82, 2.24) is 4.90 Å². The Morgan fingerprint density at radius 2 is 2.31 bits per heavy atom. The van der Waals surface area contributed by atoms with Crippen LogP contribution >= 0.6 is 22.9 Å². The second kappa shape index (κ2) is 6.01. The molecule has 0 spiro atoms. The lowest BCUT2D eigenvalue weighted by Gasteiger charge is -2.35. The van der Waals surface area contributed by atoms with Crippen LogP contribution in [0.4, 0.5) is 0 Å². The predicted molar refractivity (Wildman–Crippen MR) is 69.1 cm³/mol. The molecular weight excluding hydrogens is 242 g/mol. The lowest BCUT2D eigenvalue weighted by atomic mass is 9.99.